The molecule has 2 nitrogen and oxygen atoms in total. The summed E-state index contributed by atoms with van der Waals surface area (Å²) in [4.78, 5) is 0. The van der Waals surface area contributed by atoms with Crippen LogP contribution >= 0.6 is 0 Å². The van der Waals surface area contributed by atoms with Crippen LogP contribution in [0, 0.1) is 63.2 Å². The molecule has 3 heteroatoms. The molecule has 2 aliphatic rings. The van der Waals surface area contributed by atoms with Crippen LogP contribution in [-0.2, 0) is 17.1 Å². The molecule has 4 rings (SSSR count). The van der Waals surface area contributed by atoms with Gasteiger partial charge in [0.05, 0.1) is 0 Å². The zero-order valence-corrected chi connectivity index (χ0v) is 17.0. The molecule has 0 amide bonds. The summed E-state index contributed by atoms with van der Waals surface area (Å²) in [5.41, 5.74) is 4.55. The number of phenolic OH excluding ortho intramolecular Hbond substituents is 2. The smallest absolute Gasteiger partial charge is 0.508 e. The topological polar surface area (TPSA) is 40.5 Å². The minimum absolute atomic E-state index is 0. The quantitative estimate of drug-likeness (QED) is 0.605. The van der Waals surface area contributed by atoms with Crippen LogP contribution in [0.3, 0.4) is 0 Å². The number of benzene rings is 2. The van der Waals surface area contributed by atoms with Gasteiger partial charge in [-0.25, -0.2) is 0 Å². The molecule has 2 N–H and O–H groups in total. The number of aromatic hydroxyl groups is 2. The molecule has 0 atom stereocenters. The summed E-state index contributed by atoms with van der Waals surface area (Å²) in [6, 6.07) is 14.7. The maximum atomic E-state index is 9.75. The third-order valence-electron chi connectivity index (χ3n) is 4.96. The molecule has 2 aromatic rings. The van der Waals surface area contributed by atoms with Crippen molar-refractivity contribution in [3.8, 4) is 11.5 Å². The van der Waals surface area contributed by atoms with E-state index in [4.69, 9.17) is 0 Å². The van der Waals surface area contributed by atoms with Crippen LogP contribution in [0.15, 0.2) is 54.1 Å². The van der Waals surface area contributed by atoms with E-state index in [-0.39, 0.29) is 28.6 Å². The minimum atomic E-state index is 0. The molecule has 0 aliphatic heterocycles. The fraction of sp³-hybridized carbons (Fsp3) is 0.0769. The van der Waals surface area contributed by atoms with Crippen LogP contribution in [0.5, 0.6) is 11.5 Å². The SMILES string of the molecule is Oc1ccc(C(=C(C[C]2[CH][CH][CH][CH]2)C[C]2[CH][CH][CH][CH]2)c2ccc(O)cc2)cc1.[Fe+2]. The number of hydrogen-bond acceptors (Lipinski definition) is 2. The van der Waals surface area contributed by atoms with E-state index in [1.165, 1.54) is 17.4 Å². The first-order chi connectivity index (χ1) is 13.7. The Hall–Kier alpha value is -1.70. The first-order valence-electron chi connectivity index (χ1n) is 9.41. The van der Waals surface area contributed by atoms with Crippen LogP contribution in [0.25, 0.3) is 5.57 Å². The maximum Gasteiger partial charge on any atom is 2.00 e. The molecule has 144 valence electrons. The third kappa shape index (κ3) is 5.68. The standard InChI is InChI=1S/C26H22O2.Fe/c27-24-13-9-21(10-14-24)26(22-11-15-25(28)16-12-22)23(17-19-5-1-2-6-19)18-20-7-3-4-8-20;/h1-16,27-28H,17-18H2;/q;+2. The Labute approximate surface area is 185 Å². The zero-order chi connectivity index (χ0) is 19.3. The second-order valence-electron chi connectivity index (χ2n) is 7.01. The summed E-state index contributed by atoms with van der Waals surface area (Å²) < 4.78 is 0. The van der Waals surface area contributed by atoms with E-state index in [1.54, 1.807) is 24.3 Å². The number of rotatable bonds is 6. The molecule has 0 saturated heterocycles. The normalized spacial score (nSPS) is 17.2. The summed E-state index contributed by atoms with van der Waals surface area (Å²) in [5, 5.41) is 19.5. The molecule has 2 aliphatic carbocycles. The summed E-state index contributed by atoms with van der Waals surface area (Å²) in [5.74, 6) is 3.05. The van der Waals surface area contributed by atoms with E-state index in [2.05, 4.69) is 51.4 Å². The average Bonchev–Trinajstić information content (AvgIpc) is 3.39. The predicted octanol–water partition coefficient (Wildman–Crippen LogP) is 5.49. The first kappa shape index (κ1) is 22.0. The van der Waals surface area contributed by atoms with Crippen LogP contribution in [-0.4, -0.2) is 10.2 Å². The third-order valence-corrected chi connectivity index (χ3v) is 4.96. The Morgan fingerprint density at radius 3 is 1.24 bits per heavy atom. The molecular weight excluding hydrogens is 400 g/mol. The van der Waals surface area contributed by atoms with E-state index in [1.807, 2.05) is 24.3 Å². The van der Waals surface area contributed by atoms with Gasteiger partial charge in [0.15, 0.2) is 0 Å². The van der Waals surface area contributed by atoms with Gasteiger partial charge in [-0.05, 0) is 117 Å². The number of phenols is 2. The Kier molecular flexibility index (Phi) is 7.86. The molecule has 0 unspecified atom stereocenters. The predicted molar refractivity (Wildman–Crippen MR) is 112 cm³/mol. The van der Waals surface area contributed by atoms with Gasteiger partial charge in [-0.3, -0.25) is 0 Å². The van der Waals surface area contributed by atoms with Gasteiger partial charge in [-0.2, -0.15) is 0 Å². The molecule has 10 radical (unpaired) electrons. The average molecular weight is 422 g/mol. The molecule has 2 fully saturated rings. The van der Waals surface area contributed by atoms with Crippen molar-refractivity contribution in [1.29, 1.82) is 0 Å². The zero-order valence-electron chi connectivity index (χ0n) is 15.9. The van der Waals surface area contributed by atoms with Gasteiger partial charge in [-0.1, -0.05) is 29.8 Å². The second-order valence-corrected chi connectivity index (χ2v) is 7.01. The maximum absolute atomic E-state index is 9.75. The van der Waals surface area contributed by atoms with Gasteiger partial charge < -0.3 is 10.2 Å². The van der Waals surface area contributed by atoms with Crippen LogP contribution in [0.1, 0.15) is 24.0 Å². The largest absolute Gasteiger partial charge is 2.00 e. The van der Waals surface area contributed by atoms with Gasteiger partial charge in [0.25, 0.3) is 0 Å². The van der Waals surface area contributed by atoms with Gasteiger partial charge in [0.2, 0.25) is 0 Å². The minimum Gasteiger partial charge on any atom is -0.508 e. The summed E-state index contributed by atoms with van der Waals surface area (Å²) >= 11 is 0. The van der Waals surface area contributed by atoms with Crippen molar-refractivity contribution < 1.29 is 27.3 Å². The van der Waals surface area contributed by atoms with E-state index in [9.17, 15) is 10.2 Å². The van der Waals surface area contributed by atoms with Crippen LogP contribution in [0.2, 0.25) is 0 Å². The van der Waals surface area contributed by atoms with Crippen molar-refractivity contribution in [2.75, 3.05) is 0 Å². The second kappa shape index (κ2) is 10.4. The van der Waals surface area contributed by atoms with Gasteiger partial charge in [0.1, 0.15) is 11.5 Å². The molecule has 29 heavy (non-hydrogen) atoms. The fourth-order valence-corrected chi connectivity index (χ4v) is 3.63. The Morgan fingerprint density at radius 2 is 0.897 bits per heavy atom. The molecule has 0 aromatic heterocycles. The van der Waals surface area contributed by atoms with E-state index in [0.29, 0.717) is 0 Å². The summed E-state index contributed by atoms with van der Waals surface area (Å²) in [7, 11) is 0. The van der Waals surface area contributed by atoms with Crippen LogP contribution < -0.4 is 0 Å². The fourth-order valence-electron chi connectivity index (χ4n) is 3.63. The number of hydrogen-bond donors (Lipinski definition) is 2. The number of allylic oxidation sites excluding steroid dienone is 1. The molecule has 2 aromatic carbocycles. The first-order valence-corrected chi connectivity index (χ1v) is 9.41. The Bertz CT molecular complexity index is 728. The Balaban J connectivity index is 0.00000240. The van der Waals surface area contributed by atoms with Gasteiger partial charge in [0, 0.05) is 0 Å². The molecule has 0 heterocycles. The molecule has 2 saturated carbocycles. The summed E-state index contributed by atoms with van der Waals surface area (Å²) in [6.45, 7) is 0. The van der Waals surface area contributed by atoms with Crippen molar-refractivity contribution in [1.82, 2.24) is 0 Å². The van der Waals surface area contributed by atoms with Gasteiger partial charge in [-0.15, -0.1) is 0 Å². The summed E-state index contributed by atoms with van der Waals surface area (Å²) in [6.07, 6.45) is 18.5. The van der Waals surface area contributed by atoms with Crippen molar-refractivity contribution in [2.45, 2.75) is 12.8 Å². The molecule has 0 spiro atoms. The van der Waals surface area contributed by atoms with Crippen molar-refractivity contribution >= 4 is 5.57 Å². The van der Waals surface area contributed by atoms with Gasteiger partial charge >= 0.3 is 17.1 Å². The van der Waals surface area contributed by atoms with E-state index >= 15 is 0 Å². The van der Waals surface area contributed by atoms with E-state index in [0.717, 1.165) is 29.5 Å². The molecular formula is C26H22FeO2+2. The Morgan fingerprint density at radius 1 is 0.552 bits per heavy atom. The monoisotopic (exact) mass is 422 g/mol. The van der Waals surface area contributed by atoms with Crippen LogP contribution in [0.4, 0.5) is 0 Å². The van der Waals surface area contributed by atoms with Crippen molar-refractivity contribution in [3.05, 3.63) is 128 Å². The molecule has 0 bridgehead atoms. The van der Waals surface area contributed by atoms with Crippen molar-refractivity contribution in [2.24, 2.45) is 0 Å². The van der Waals surface area contributed by atoms with Crippen molar-refractivity contribution in [3.63, 3.8) is 0 Å². The van der Waals surface area contributed by atoms with E-state index < -0.39 is 0 Å².